The first-order valence-electron chi connectivity index (χ1n) is 8.38. The van der Waals surface area contributed by atoms with Crippen molar-refractivity contribution < 1.29 is 9.21 Å². The van der Waals surface area contributed by atoms with Crippen LogP contribution in [0.5, 0.6) is 0 Å². The Balaban J connectivity index is 1.59. The lowest BCUT2D eigenvalue weighted by Gasteiger charge is -2.34. The molecule has 1 aliphatic heterocycles. The van der Waals surface area contributed by atoms with Crippen molar-refractivity contribution in [1.82, 2.24) is 10.2 Å². The molecule has 0 saturated carbocycles. The van der Waals surface area contributed by atoms with Gasteiger partial charge in [0, 0.05) is 36.7 Å². The minimum atomic E-state index is 0.0699. The van der Waals surface area contributed by atoms with Gasteiger partial charge in [-0.2, -0.15) is 11.8 Å². The summed E-state index contributed by atoms with van der Waals surface area (Å²) in [5, 5.41) is 3.11. The molecule has 1 atom stereocenters. The van der Waals surface area contributed by atoms with Crippen molar-refractivity contribution in [3.05, 3.63) is 59.5 Å². The van der Waals surface area contributed by atoms with Gasteiger partial charge in [-0.15, -0.1) is 0 Å². The van der Waals surface area contributed by atoms with E-state index in [0.29, 0.717) is 13.0 Å². The smallest absolute Gasteiger partial charge is 0.224 e. The van der Waals surface area contributed by atoms with Crippen LogP contribution in [0.4, 0.5) is 0 Å². The number of nitrogens with one attached hydrogen (secondary N) is 1. The minimum absolute atomic E-state index is 0.0699. The van der Waals surface area contributed by atoms with E-state index in [0.717, 1.165) is 35.7 Å². The zero-order valence-corrected chi connectivity index (χ0v) is 14.8. The average molecular weight is 344 g/mol. The Morgan fingerprint density at radius 3 is 2.88 bits per heavy atom. The minimum Gasteiger partial charge on any atom is -0.472 e. The maximum absolute atomic E-state index is 12.3. The first-order valence-corrected chi connectivity index (χ1v) is 9.54. The SMILES string of the molecule is Cc1cccc(CC(=O)NC[C@@H](c2ccoc2)N2CCSCC2)c1. The van der Waals surface area contributed by atoms with Gasteiger partial charge >= 0.3 is 0 Å². The lowest BCUT2D eigenvalue weighted by Crippen LogP contribution is -2.42. The summed E-state index contributed by atoms with van der Waals surface area (Å²) in [6.07, 6.45) is 3.92. The molecule has 0 bridgehead atoms. The molecule has 3 rings (SSSR count). The van der Waals surface area contributed by atoms with E-state index in [1.165, 1.54) is 5.56 Å². The third-order valence-corrected chi connectivity index (χ3v) is 5.30. The number of hydrogen-bond acceptors (Lipinski definition) is 4. The third-order valence-electron chi connectivity index (χ3n) is 4.35. The molecule has 128 valence electrons. The molecular formula is C19H24N2O2S. The van der Waals surface area contributed by atoms with Gasteiger partial charge in [-0.3, -0.25) is 9.69 Å². The molecule has 0 unspecified atom stereocenters. The summed E-state index contributed by atoms with van der Waals surface area (Å²) < 4.78 is 5.26. The van der Waals surface area contributed by atoms with Crippen molar-refractivity contribution in [3.63, 3.8) is 0 Å². The quantitative estimate of drug-likeness (QED) is 0.875. The molecule has 1 amide bonds. The monoisotopic (exact) mass is 344 g/mol. The van der Waals surface area contributed by atoms with Crippen LogP contribution in [0.1, 0.15) is 22.7 Å². The van der Waals surface area contributed by atoms with Crippen LogP contribution in [0.3, 0.4) is 0 Å². The summed E-state index contributed by atoms with van der Waals surface area (Å²) in [6, 6.07) is 10.3. The van der Waals surface area contributed by atoms with Gasteiger partial charge in [-0.25, -0.2) is 0 Å². The second kappa shape index (κ2) is 8.40. The molecule has 4 nitrogen and oxygen atoms in total. The van der Waals surface area contributed by atoms with Crippen molar-refractivity contribution >= 4 is 17.7 Å². The van der Waals surface area contributed by atoms with E-state index in [2.05, 4.69) is 16.3 Å². The Hall–Kier alpha value is -1.72. The fraction of sp³-hybridized carbons (Fsp3) is 0.421. The van der Waals surface area contributed by atoms with Crippen LogP contribution in [0.25, 0.3) is 0 Å². The van der Waals surface area contributed by atoms with E-state index in [-0.39, 0.29) is 11.9 Å². The Morgan fingerprint density at radius 1 is 1.33 bits per heavy atom. The molecule has 1 N–H and O–H groups in total. The van der Waals surface area contributed by atoms with E-state index in [9.17, 15) is 4.79 Å². The standard InChI is InChI=1S/C19H24N2O2S/c1-15-3-2-4-16(11-15)12-19(22)20-13-18(17-5-8-23-14-17)21-6-9-24-10-7-21/h2-5,8,11,14,18H,6-7,9-10,12-13H2,1H3,(H,20,22)/t18-/m0/s1. The molecule has 0 aliphatic carbocycles. The number of thioether (sulfide) groups is 1. The largest absolute Gasteiger partial charge is 0.472 e. The summed E-state index contributed by atoms with van der Waals surface area (Å²) in [5.41, 5.74) is 3.38. The van der Waals surface area contributed by atoms with Gasteiger partial charge in [-0.1, -0.05) is 29.8 Å². The van der Waals surface area contributed by atoms with Gasteiger partial charge in [0.05, 0.1) is 25.0 Å². The summed E-state index contributed by atoms with van der Waals surface area (Å²) >= 11 is 1.99. The van der Waals surface area contributed by atoms with Crippen LogP contribution in [-0.2, 0) is 11.2 Å². The van der Waals surface area contributed by atoms with Crippen LogP contribution >= 0.6 is 11.8 Å². The molecule has 0 radical (unpaired) electrons. The van der Waals surface area contributed by atoms with Gasteiger partial charge in [-0.05, 0) is 18.6 Å². The molecule has 0 spiro atoms. The van der Waals surface area contributed by atoms with Crippen molar-refractivity contribution in [2.45, 2.75) is 19.4 Å². The Labute approximate surface area is 147 Å². The van der Waals surface area contributed by atoms with Gasteiger partial charge < -0.3 is 9.73 Å². The predicted octanol–water partition coefficient (Wildman–Crippen LogP) is 3.04. The number of benzene rings is 1. The number of hydrogen-bond donors (Lipinski definition) is 1. The topological polar surface area (TPSA) is 45.5 Å². The lowest BCUT2D eigenvalue weighted by atomic mass is 10.1. The van der Waals surface area contributed by atoms with Gasteiger partial charge in [0.25, 0.3) is 0 Å². The molecule has 2 heterocycles. The normalized spacial score (nSPS) is 16.7. The zero-order chi connectivity index (χ0) is 16.8. The van der Waals surface area contributed by atoms with Gasteiger partial charge in [0.15, 0.2) is 0 Å². The highest BCUT2D eigenvalue weighted by molar-refractivity contribution is 7.99. The van der Waals surface area contributed by atoms with Crippen LogP contribution in [0.2, 0.25) is 0 Å². The first kappa shape index (κ1) is 17.1. The first-order chi connectivity index (χ1) is 11.7. The Bertz CT molecular complexity index is 651. The fourth-order valence-electron chi connectivity index (χ4n) is 3.09. The van der Waals surface area contributed by atoms with Crippen molar-refractivity contribution in [3.8, 4) is 0 Å². The number of aryl methyl sites for hydroxylation is 1. The van der Waals surface area contributed by atoms with Crippen LogP contribution < -0.4 is 5.32 Å². The van der Waals surface area contributed by atoms with Crippen molar-refractivity contribution in [2.24, 2.45) is 0 Å². The van der Waals surface area contributed by atoms with E-state index in [1.54, 1.807) is 12.5 Å². The summed E-state index contributed by atoms with van der Waals surface area (Å²) in [6.45, 7) is 4.77. The molecule has 24 heavy (non-hydrogen) atoms. The summed E-state index contributed by atoms with van der Waals surface area (Å²) in [4.78, 5) is 14.8. The predicted molar refractivity (Wildman–Crippen MR) is 98.2 cm³/mol. The molecule has 1 aromatic heterocycles. The lowest BCUT2D eigenvalue weighted by molar-refractivity contribution is -0.120. The molecule has 1 fully saturated rings. The highest BCUT2D eigenvalue weighted by atomic mass is 32.2. The number of amides is 1. The van der Waals surface area contributed by atoms with Gasteiger partial charge in [0.2, 0.25) is 5.91 Å². The van der Waals surface area contributed by atoms with E-state index in [1.807, 2.05) is 43.0 Å². The van der Waals surface area contributed by atoms with Crippen molar-refractivity contribution in [2.75, 3.05) is 31.1 Å². The Morgan fingerprint density at radius 2 is 2.17 bits per heavy atom. The third kappa shape index (κ3) is 4.65. The van der Waals surface area contributed by atoms with E-state index in [4.69, 9.17) is 4.42 Å². The van der Waals surface area contributed by atoms with E-state index < -0.39 is 0 Å². The molecule has 1 saturated heterocycles. The number of nitrogens with zero attached hydrogens (tertiary/aromatic N) is 1. The maximum atomic E-state index is 12.3. The second-order valence-electron chi connectivity index (χ2n) is 6.19. The number of furan rings is 1. The van der Waals surface area contributed by atoms with Crippen molar-refractivity contribution in [1.29, 1.82) is 0 Å². The molecule has 5 heteroatoms. The van der Waals surface area contributed by atoms with E-state index >= 15 is 0 Å². The fourth-order valence-corrected chi connectivity index (χ4v) is 4.02. The average Bonchev–Trinajstić information content (AvgIpc) is 3.10. The molecular weight excluding hydrogens is 320 g/mol. The van der Waals surface area contributed by atoms with Gasteiger partial charge in [0.1, 0.15) is 0 Å². The molecule has 2 aromatic rings. The number of carbonyl (C=O) groups excluding carboxylic acids is 1. The highest BCUT2D eigenvalue weighted by Gasteiger charge is 2.23. The number of carbonyl (C=O) groups is 1. The summed E-state index contributed by atoms with van der Waals surface area (Å²) in [5.74, 6) is 2.36. The second-order valence-corrected chi connectivity index (χ2v) is 7.42. The van der Waals surface area contributed by atoms with Crippen LogP contribution in [0, 0.1) is 6.92 Å². The van der Waals surface area contributed by atoms with Crippen LogP contribution in [-0.4, -0.2) is 41.9 Å². The number of rotatable bonds is 6. The molecule has 1 aliphatic rings. The Kier molecular flexibility index (Phi) is 5.99. The maximum Gasteiger partial charge on any atom is 0.224 e. The zero-order valence-electron chi connectivity index (χ0n) is 14.0. The highest BCUT2D eigenvalue weighted by Crippen LogP contribution is 2.24. The van der Waals surface area contributed by atoms with Crippen LogP contribution in [0.15, 0.2) is 47.3 Å². The molecule has 1 aromatic carbocycles. The summed E-state index contributed by atoms with van der Waals surface area (Å²) in [7, 11) is 0.